The molecule has 0 unspecified atom stereocenters. The van der Waals surface area contributed by atoms with E-state index >= 15 is 0 Å². The molecular formula is C23H24N4O5. The molecule has 1 fully saturated rings. The van der Waals surface area contributed by atoms with Gasteiger partial charge in [-0.15, -0.1) is 0 Å². The molecule has 1 aliphatic heterocycles. The number of carbonyl (C=O) groups is 3. The van der Waals surface area contributed by atoms with E-state index in [1.807, 2.05) is 0 Å². The number of carbonyl (C=O) groups excluding carboxylic acids is 3. The largest absolute Gasteiger partial charge is 0.490 e. The van der Waals surface area contributed by atoms with Crippen LogP contribution in [0.4, 0.5) is 5.69 Å². The van der Waals surface area contributed by atoms with Gasteiger partial charge in [-0.3, -0.25) is 14.4 Å². The number of morpholine rings is 1. The molecule has 9 nitrogen and oxygen atoms in total. The Hall–Kier alpha value is -3.98. The average Bonchev–Trinajstić information content (AvgIpc) is 2.83. The molecule has 2 aromatic rings. The van der Waals surface area contributed by atoms with Crippen LogP contribution in [0.25, 0.3) is 0 Å². The van der Waals surface area contributed by atoms with E-state index < -0.39 is 11.8 Å². The van der Waals surface area contributed by atoms with Crippen molar-refractivity contribution in [2.75, 3.05) is 38.2 Å². The first-order chi connectivity index (χ1) is 15.6. The first kappa shape index (κ1) is 22.7. The van der Waals surface area contributed by atoms with Crippen molar-refractivity contribution in [2.24, 2.45) is 5.10 Å². The van der Waals surface area contributed by atoms with Gasteiger partial charge in [0.15, 0.2) is 0 Å². The smallest absolute Gasteiger partial charge is 0.329 e. The van der Waals surface area contributed by atoms with Crippen molar-refractivity contribution < 1.29 is 23.9 Å². The molecule has 1 saturated heterocycles. The summed E-state index contributed by atoms with van der Waals surface area (Å²) in [5.74, 6) is -1.51. The van der Waals surface area contributed by atoms with Gasteiger partial charge >= 0.3 is 11.8 Å². The highest BCUT2D eigenvalue weighted by Crippen LogP contribution is 2.18. The lowest BCUT2D eigenvalue weighted by Gasteiger charge is -2.27. The van der Waals surface area contributed by atoms with E-state index in [0.29, 0.717) is 49.8 Å². The van der Waals surface area contributed by atoms with E-state index in [9.17, 15) is 14.4 Å². The van der Waals surface area contributed by atoms with Gasteiger partial charge in [0.25, 0.3) is 5.91 Å². The van der Waals surface area contributed by atoms with Gasteiger partial charge in [-0.25, -0.2) is 5.43 Å². The van der Waals surface area contributed by atoms with Gasteiger partial charge in [0, 0.05) is 13.1 Å². The van der Waals surface area contributed by atoms with Gasteiger partial charge in [0.1, 0.15) is 12.4 Å². The number of hydrogen-bond acceptors (Lipinski definition) is 6. The SMILES string of the molecule is C=CCOc1cccc(/C=N/NC(=O)C(=O)Nc2ccccc2C(=O)N2CCOCC2)c1. The minimum absolute atomic E-state index is 0.235. The number of hydrazone groups is 1. The molecule has 2 aromatic carbocycles. The summed E-state index contributed by atoms with van der Waals surface area (Å²) in [6, 6.07) is 13.6. The number of hydrogen-bond donors (Lipinski definition) is 2. The number of ether oxygens (including phenoxy) is 2. The van der Waals surface area contributed by atoms with Crippen LogP contribution in [0.5, 0.6) is 5.75 Å². The minimum Gasteiger partial charge on any atom is -0.490 e. The monoisotopic (exact) mass is 436 g/mol. The Labute approximate surface area is 185 Å². The number of anilines is 1. The predicted octanol–water partition coefficient (Wildman–Crippen LogP) is 1.81. The van der Waals surface area contributed by atoms with Gasteiger partial charge in [0.05, 0.1) is 30.7 Å². The molecule has 9 heteroatoms. The number of benzene rings is 2. The molecule has 0 saturated carbocycles. The lowest BCUT2D eigenvalue weighted by atomic mass is 10.1. The molecule has 0 spiro atoms. The zero-order valence-corrected chi connectivity index (χ0v) is 17.5. The van der Waals surface area contributed by atoms with Gasteiger partial charge in [-0.05, 0) is 29.8 Å². The molecule has 1 heterocycles. The highest BCUT2D eigenvalue weighted by atomic mass is 16.5. The Morgan fingerprint density at radius 3 is 2.66 bits per heavy atom. The summed E-state index contributed by atoms with van der Waals surface area (Å²) in [5.41, 5.74) is 3.40. The standard InChI is InChI=1S/C23H24N4O5/c1-2-12-32-18-7-5-6-17(15-18)16-24-26-22(29)21(28)25-20-9-4-3-8-19(20)23(30)27-10-13-31-14-11-27/h2-9,15-16H,1,10-14H2,(H,25,28)(H,26,29)/b24-16+. The zero-order valence-electron chi connectivity index (χ0n) is 17.5. The molecule has 0 radical (unpaired) electrons. The highest BCUT2D eigenvalue weighted by Gasteiger charge is 2.22. The Balaban J connectivity index is 1.59. The topological polar surface area (TPSA) is 109 Å². The molecule has 166 valence electrons. The van der Waals surface area contributed by atoms with Crippen molar-refractivity contribution in [1.82, 2.24) is 10.3 Å². The van der Waals surface area contributed by atoms with Crippen LogP contribution in [-0.2, 0) is 14.3 Å². The molecule has 0 bridgehead atoms. The fourth-order valence-corrected chi connectivity index (χ4v) is 2.95. The quantitative estimate of drug-likeness (QED) is 0.298. The fraction of sp³-hybridized carbons (Fsp3) is 0.217. The van der Waals surface area contributed by atoms with Gasteiger partial charge in [0.2, 0.25) is 0 Å². The van der Waals surface area contributed by atoms with Gasteiger partial charge < -0.3 is 19.7 Å². The average molecular weight is 436 g/mol. The summed E-state index contributed by atoms with van der Waals surface area (Å²) in [5, 5.41) is 6.28. The van der Waals surface area contributed by atoms with Crippen molar-refractivity contribution in [3.8, 4) is 5.75 Å². The third-order valence-corrected chi connectivity index (χ3v) is 4.52. The summed E-state index contributed by atoms with van der Waals surface area (Å²) >= 11 is 0. The molecular weight excluding hydrogens is 412 g/mol. The minimum atomic E-state index is -0.964. The maximum atomic E-state index is 12.8. The Morgan fingerprint density at radius 2 is 1.88 bits per heavy atom. The summed E-state index contributed by atoms with van der Waals surface area (Å²) in [4.78, 5) is 38.9. The van der Waals surface area contributed by atoms with E-state index in [-0.39, 0.29) is 11.6 Å². The molecule has 32 heavy (non-hydrogen) atoms. The molecule has 0 aromatic heterocycles. The highest BCUT2D eigenvalue weighted by molar-refractivity contribution is 6.40. The maximum Gasteiger partial charge on any atom is 0.329 e. The van der Waals surface area contributed by atoms with Crippen LogP contribution in [0.15, 0.2) is 66.3 Å². The van der Waals surface area contributed by atoms with E-state index in [0.717, 1.165) is 0 Å². The Bertz CT molecular complexity index is 1010. The molecule has 0 atom stereocenters. The van der Waals surface area contributed by atoms with Crippen LogP contribution in [0.2, 0.25) is 0 Å². The van der Waals surface area contributed by atoms with Crippen LogP contribution in [0.1, 0.15) is 15.9 Å². The van der Waals surface area contributed by atoms with Crippen molar-refractivity contribution in [3.63, 3.8) is 0 Å². The zero-order chi connectivity index (χ0) is 22.8. The second-order valence-corrected chi connectivity index (χ2v) is 6.78. The molecule has 1 aliphatic rings. The summed E-state index contributed by atoms with van der Waals surface area (Å²) in [6.07, 6.45) is 3.02. The second kappa shape index (κ2) is 11.4. The van der Waals surface area contributed by atoms with Crippen LogP contribution in [0.3, 0.4) is 0 Å². The van der Waals surface area contributed by atoms with Gasteiger partial charge in [-0.2, -0.15) is 5.10 Å². The van der Waals surface area contributed by atoms with E-state index in [1.165, 1.54) is 6.21 Å². The summed E-state index contributed by atoms with van der Waals surface area (Å²) < 4.78 is 10.7. The van der Waals surface area contributed by atoms with Crippen molar-refractivity contribution in [2.45, 2.75) is 0 Å². The normalized spacial score (nSPS) is 13.4. The first-order valence-electron chi connectivity index (χ1n) is 10.0. The van der Waals surface area contributed by atoms with Crippen LogP contribution in [0, 0.1) is 0 Å². The first-order valence-corrected chi connectivity index (χ1v) is 10.0. The van der Waals surface area contributed by atoms with Crippen molar-refractivity contribution in [1.29, 1.82) is 0 Å². The Morgan fingerprint density at radius 1 is 1.09 bits per heavy atom. The third kappa shape index (κ3) is 6.26. The van der Waals surface area contributed by atoms with Crippen molar-refractivity contribution >= 4 is 29.6 Å². The third-order valence-electron chi connectivity index (χ3n) is 4.52. The number of amides is 3. The van der Waals surface area contributed by atoms with Crippen LogP contribution < -0.4 is 15.5 Å². The lowest BCUT2D eigenvalue weighted by molar-refractivity contribution is -0.136. The maximum absolute atomic E-state index is 12.8. The van der Waals surface area contributed by atoms with E-state index in [2.05, 4.69) is 22.4 Å². The van der Waals surface area contributed by atoms with E-state index in [1.54, 1.807) is 59.5 Å². The number of para-hydroxylation sites is 1. The fourth-order valence-electron chi connectivity index (χ4n) is 2.95. The lowest BCUT2D eigenvalue weighted by Crippen LogP contribution is -2.41. The number of nitrogens with zero attached hydrogens (tertiary/aromatic N) is 2. The van der Waals surface area contributed by atoms with Gasteiger partial charge in [-0.1, -0.05) is 36.9 Å². The van der Waals surface area contributed by atoms with E-state index in [4.69, 9.17) is 9.47 Å². The van der Waals surface area contributed by atoms with Crippen molar-refractivity contribution in [3.05, 3.63) is 72.3 Å². The Kier molecular flexibility index (Phi) is 8.10. The molecule has 2 N–H and O–H groups in total. The number of rotatable bonds is 7. The second-order valence-electron chi connectivity index (χ2n) is 6.78. The van der Waals surface area contributed by atoms with Crippen LogP contribution in [-0.4, -0.2) is 61.7 Å². The molecule has 3 amide bonds. The summed E-state index contributed by atoms with van der Waals surface area (Å²) in [6.45, 7) is 5.82. The molecule has 0 aliphatic carbocycles. The summed E-state index contributed by atoms with van der Waals surface area (Å²) in [7, 11) is 0. The van der Waals surface area contributed by atoms with Crippen LogP contribution >= 0.6 is 0 Å². The molecule has 3 rings (SSSR count). The number of nitrogens with one attached hydrogen (secondary N) is 2. The predicted molar refractivity (Wildman–Crippen MR) is 120 cm³/mol.